The first-order chi connectivity index (χ1) is 8.16. The van der Waals surface area contributed by atoms with Gasteiger partial charge in [0, 0.05) is 6.04 Å². The van der Waals surface area contributed by atoms with E-state index in [-0.39, 0.29) is 5.88 Å². The van der Waals surface area contributed by atoms with Crippen LogP contribution in [0.2, 0.25) is 0 Å². The highest BCUT2D eigenvalue weighted by Gasteiger charge is 2.21. The fraction of sp³-hybridized carbons (Fsp3) is 0.667. The Bertz CT molecular complexity index is 383. The van der Waals surface area contributed by atoms with Crippen molar-refractivity contribution in [1.29, 1.82) is 0 Å². The molecule has 1 aromatic rings. The Kier molecular flexibility index (Phi) is 3.78. The van der Waals surface area contributed by atoms with Crippen molar-refractivity contribution >= 4 is 5.88 Å². The minimum absolute atomic E-state index is 0.185. The normalized spacial score (nSPS) is 18.4. The molecule has 0 amide bonds. The molecule has 94 valence electrons. The summed E-state index contributed by atoms with van der Waals surface area (Å²) in [5.41, 5.74) is 0. The number of hydrogen-bond donors (Lipinski definition) is 1. The Balaban J connectivity index is 1.82. The van der Waals surface area contributed by atoms with Gasteiger partial charge in [-0.25, -0.2) is 0 Å². The molecular formula is C12H18N2O3. The smallest absolute Gasteiger partial charge is 0.404 e. The van der Waals surface area contributed by atoms with Gasteiger partial charge in [0.15, 0.2) is 0 Å². The average Bonchev–Trinajstić information content (AvgIpc) is 2.97. The van der Waals surface area contributed by atoms with Crippen LogP contribution in [0, 0.1) is 16.0 Å². The summed E-state index contributed by atoms with van der Waals surface area (Å²) in [5, 5.41) is 13.8. The predicted octanol–water partition coefficient (Wildman–Crippen LogP) is 2.86. The second-order valence-electron chi connectivity index (χ2n) is 4.71. The molecule has 1 aliphatic carbocycles. The molecular weight excluding hydrogens is 220 g/mol. The monoisotopic (exact) mass is 238 g/mol. The molecule has 5 heteroatoms. The van der Waals surface area contributed by atoms with Gasteiger partial charge >= 0.3 is 5.88 Å². The van der Waals surface area contributed by atoms with Crippen molar-refractivity contribution in [3.8, 4) is 0 Å². The Morgan fingerprint density at radius 3 is 2.82 bits per heavy atom. The van der Waals surface area contributed by atoms with E-state index in [2.05, 4.69) is 12.2 Å². The van der Waals surface area contributed by atoms with Gasteiger partial charge in [-0.3, -0.25) is 10.1 Å². The molecule has 5 nitrogen and oxygen atoms in total. The van der Waals surface area contributed by atoms with Gasteiger partial charge < -0.3 is 9.73 Å². The Labute approximate surface area is 100 Å². The molecule has 17 heavy (non-hydrogen) atoms. The molecule has 1 N–H and O–H groups in total. The van der Waals surface area contributed by atoms with Crippen LogP contribution in [0.25, 0.3) is 0 Å². The zero-order valence-corrected chi connectivity index (χ0v) is 10.0. The summed E-state index contributed by atoms with van der Waals surface area (Å²) in [4.78, 5) is 9.94. The second kappa shape index (κ2) is 5.31. The van der Waals surface area contributed by atoms with E-state index in [1.807, 2.05) is 0 Å². The highest BCUT2D eigenvalue weighted by Crippen LogP contribution is 2.27. The van der Waals surface area contributed by atoms with Crippen LogP contribution in [0.3, 0.4) is 0 Å². The standard InChI is InChI=1S/C12H18N2O3/c1-9(10-4-2-3-5-10)13-8-11-6-7-12(17-11)14(15)16/h6-7,9-10,13H,2-5,8H2,1H3/t9-/m0/s1. The van der Waals surface area contributed by atoms with Gasteiger partial charge in [-0.2, -0.15) is 0 Å². The van der Waals surface area contributed by atoms with Crippen molar-refractivity contribution in [1.82, 2.24) is 5.32 Å². The summed E-state index contributed by atoms with van der Waals surface area (Å²) in [7, 11) is 0. The lowest BCUT2D eigenvalue weighted by atomic mass is 10.00. The van der Waals surface area contributed by atoms with Crippen LogP contribution >= 0.6 is 0 Å². The second-order valence-corrected chi connectivity index (χ2v) is 4.71. The summed E-state index contributed by atoms with van der Waals surface area (Å²) in [5.74, 6) is 1.18. The number of nitro groups is 1. The molecule has 1 aliphatic rings. The maximum absolute atomic E-state index is 10.5. The molecule has 0 bridgehead atoms. The van der Waals surface area contributed by atoms with Gasteiger partial charge in [0.25, 0.3) is 0 Å². The maximum atomic E-state index is 10.5. The number of rotatable bonds is 5. The first-order valence-electron chi connectivity index (χ1n) is 6.13. The zero-order valence-electron chi connectivity index (χ0n) is 10.0. The summed E-state index contributed by atoms with van der Waals surface area (Å²) in [6.45, 7) is 2.73. The molecule has 0 radical (unpaired) electrons. The Morgan fingerprint density at radius 1 is 1.53 bits per heavy atom. The lowest BCUT2D eigenvalue weighted by Crippen LogP contribution is -2.31. The lowest BCUT2D eigenvalue weighted by molar-refractivity contribution is -0.402. The third-order valence-electron chi connectivity index (χ3n) is 3.53. The lowest BCUT2D eigenvalue weighted by Gasteiger charge is -2.19. The van der Waals surface area contributed by atoms with Crippen LogP contribution < -0.4 is 5.32 Å². The summed E-state index contributed by atoms with van der Waals surface area (Å²) in [6, 6.07) is 3.51. The molecule has 0 aromatic carbocycles. The molecule has 1 heterocycles. The fourth-order valence-corrected chi connectivity index (χ4v) is 2.45. The van der Waals surface area contributed by atoms with E-state index < -0.39 is 4.92 Å². The molecule has 1 aromatic heterocycles. The Hall–Kier alpha value is -1.36. The van der Waals surface area contributed by atoms with E-state index >= 15 is 0 Å². The summed E-state index contributed by atoms with van der Waals surface area (Å²) in [6.07, 6.45) is 5.21. The maximum Gasteiger partial charge on any atom is 0.433 e. The number of nitrogens with one attached hydrogen (secondary N) is 1. The topological polar surface area (TPSA) is 68.3 Å². The minimum atomic E-state index is -0.510. The highest BCUT2D eigenvalue weighted by molar-refractivity contribution is 5.17. The van der Waals surface area contributed by atoms with Gasteiger partial charge in [-0.05, 0) is 31.7 Å². The summed E-state index contributed by atoms with van der Waals surface area (Å²) < 4.78 is 5.10. The number of furan rings is 1. The number of nitrogens with zero attached hydrogens (tertiary/aromatic N) is 1. The van der Waals surface area contributed by atoms with Gasteiger partial charge in [0.2, 0.25) is 0 Å². The van der Waals surface area contributed by atoms with E-state index in [0.717, 1.165) is 5.92 Å². The third-order valence-corrected chi connectivity index (χ3v) is 3.53. The van der Waals surface area contributed by atoms with E-state index in [9.17, 15) is 10.1 Å². The fourth-order valence-electron chi connectivity index (χ4n) is 2.45. The molecule has 0 unspecified atom stereocenters. The van der Waals surface area contributed by atoms with Crippen molar-refractivity contribution in [2.75, 3.05) is 0 Å². The van der Waals surface area contributed by atoms with Crippen LogP contribution in [0.1, 0.15) is 38.4 Å². The third kappa shape index (κ3) is 3.06. The van der Waals surface area contributed by atoms with Crippen LogP contribution in [-0.4, -0.2) is 11.0 Å². The highest BCUT2D eigenvalue weighted by atomic mass is 16.6. The molecule has 1 fully saturated rings. The predicted molar refractivity (Wildman–Crippen MR) is 63.6 cm³/mol. The molecule has 0 spiro atoms. The van der Waals surface area contributed by atoms with E-state index in [1.165, 1.54) is 31.7 Å². The number of hydrogen-bond acceptors (Lipinski definition) is 4. The molecule has 2 rings (SSSR count). The molecule has 0 aliphatic heterocycles. The van der Waals surface area contributed by atoms with Crippen LogP contribution in [0.4, 0.5) is 5.88 Å². The van der Waals surface area contributed by atoms with Crippen molar-refractivity contribution in [2.24, 2.45) is 5.92 Å². The largest absolute Gasteiger partial charge is 0.433 e. The van der Waals surface area contributed by atoms with Gasteiger partial charge in [-0.1, -0.05) is 12.8 Å². The average molecular weight is 238 g/mol. The first kappa shape index (κ1) is 12.1. The van der Waals surface area contributed by atoms with E-state index in [0.29, 0.717) is 18.3 Å². The van der Waals surface area contributed by atoms with Crippen LogP contribution in [0.15, 0.2) is 16.5 Å². The SMILES string of the molecule is C[C@H](NCc1ccc([N+](=O)[O-])o1)C1CCCC1. The van der Waals surface area contributed by atoms with Crippen molar-refractivity contribution in [2.45, 2.75) is 45.2 Å². The first-order valence-corrected chi connectivity index (χ1v) is 6.13. The van der Waals surface area contributed by atoms with Crippen molar-refractivity contribution in [3.05, 3.63) is 28.0 Å². The van der Waals surface area contributed by atoms with Crippen LogP contribution in [0.5, 0.6) is 0 Å². The molecule has 1 saturated carbocycles. The van der Waals surface area contributed by atoms with Crippen molar-refractivity contribution < 1.29 is 9.34 Å². The van der Waals surface area contributed by atoms with Crippen LogP contribution in [-0.2, 0) is 6.54 Å². The molecule has 1 atom stereocenters. The van der Waals surface area contributed by atoms with E-state index in [1.54, 1.807) is 6.07 Å². The van der Waals surface area contributed by atoms with Gasteiger partial charge in [-0.15, -0.1) is 0 Å². The quantitative estimate of drug-likeness (QED) is 0.632. The zero-order chi connectivity index (χ0) is 12.3. The van der Waals surface area contributed by atoms with E-state index in [4.69, 9.17) is 4.42 Å². The Morgan fingerprint density at radius 2 is 2.24 bits per heavy atom. The van der Waals surface area contributed by atoms with Gasteiger partial charge in [0.1, 0.15) is 10.7 Å². The summed E-state index contributed by atoms with van der Waals surface area (Å²) >= 11 is 0. The van der Waals surface area contributed by atoms with Crippen molar-refractivity contribution in [3.63, 3.8) is 0 Å². The minimum Gasteiger partial charge on any atom is -0.404 e. The molecule has 0 saturated heterocycles. The van der Waals surface area contributed by atoms with Gasteiger partial charge in [0.05, 0.1) is 12.6 Å².